The minimum Gasteiger partial charge on any atom is -0.365 e. The molecule has 2 fully saturated rings. The van der Waals surface area contributed by atoms with Crippen LogP contribution in [0.25, 0.3) is 0 Å². The molecule has 0 aliphatic carbocycles. The summed E-state index contributed by atoms with van der Waals surface area (Å²) in [5.41, 5.74) is 0. The number of rotatable bonds is 3. The van der Waals surface area contributed by atoms with Crippen LogP contribution >= 0.6 is 12.2 Å². The molecule has 0 aromatic carbocycles. The molecule has 25 heavy (non-hydrogen) atoms. The molecule has 0 atom stereocenters. The van der Waals surface area contributed by atoms with E-state index < -0.39 is 0 Å². The Bertz CT molecular complexity index is 577. The molecule has 0 radical (unpaired) electrons. The zero-order valence-electron chi connectivity index (χ0n) is 15.4. The summed E-state index contributed by atoms with van der Waals surface area (Å²) < 4.78 is 0. The van der Waals surface area contributed by atoms with Crippen molar-refractivity contribution in [2.75, 3.05) is 48.3 Å². The van der Waals surface area contributed by atoms with Crippen molar-refractivity contribution in [3.8, 4) is 0 Å². The van der Waals surface area contributed by atoms with E-state index in [2.05, 4.69) is 33.4 Å². The van der Waals surface area contributed by atoms with Gasteiger partial charge in [-0.1, -0.05) is 19.8 Å². The Morgan fingerprint density at radius 3 is 2.12 bits per heavy atom. The molecule has 0 spiro atoms. The number of piperidine rings is 1. The van der Waals surface area contributed by atoms with Crippen molar-refractivity contribution in [3.63, 3.8) is 0 Å². The highest BCUT2D eigenvalue weighted by molar-refractivity contribution is 7.80. The van der Waals surface area contributed by atoms with Crippen LogP contribution in [0.3, 0.4) is 0 Å². The summed E-state index contributed by atoms with van der Waals surface area (Å²) in [6.45, 7) is 6.60. The van der Waals surface area contributed by atoms with Gasteiger partial charge < -0.3 is 20.4 Å². The maximum absolute atomic E-state index is 5.24. The quantitative estimate of drug-likeness (QED) is 0.802. The van der Waals surface area contributed by atoms with Crippen molar-refractivity contribution >= 4 is 34.9 Å². The summed E-state index contributed by atoms with van der Waals surface area (Å²) in [4.78, 5) is 14.3. The normalized spacial score (nSPS) is 19.4. The molecular formula is C18H30N6S. The molecule has 7 heteroatoms. The van der Waals surface area contributed by atoms with Crippen LogP contribution in [0.2, 0.25) is 0 Å². The Hall–Kier alpha value is -1.63. The third-order valence-corrected chi connectivity index (χ3v) is 5.50. The molecule has 1 aromatic rings. The second-order valence-electron chi connectivity index (χ2n) is 7.18. The van der Waals surface area contributed by atoms with Crippen molar-refractivity contribution in [3.05, 3.63) is 6.07 Å². The van der Waals surface area contributed by atoms with E-state index in [1.165, 1.54) is 38.5 Å². The Balaban J connectivity index is 1.86. The topological polar surface area (TPSA) is 56.3 Å². The van der Waals surface area contributed by atoms with Gasteiger partial charge in [0, 0.05) is 39.3 Å². The number of thiocarbonyl (C=S) groups is 1. The molecule has 2 aliphatic rings. The van der Waals surface area contributed by atoms with Gasteiger partial charge in [0.1, 0.15) is 11.6 Å². The average Bonchev–Trinajstić information content (AvgIpc) is 2.91. The summed E-state index contributed by atoms with van der Waals surface area (Å²) in [6, 6.07) is 2.16. The second-order valence-corrected chi connectivity index (χ2v) is 7.59. The molecule has 3 heterocycles. The van der Waals surface area contributed by atoms with E-state index in [0.29, 0.717) is 11.1 Å². The minimum atomic E-state index is 0.547. The van der Waals surface area contributed by atoms with Gasteiger partial charge in [-0.15, -0.1) is 0 Å². The highest BCUT2D eigenvalue weighted by Gasteiger charge is 2.20. The molecule has 6 nitrogen and oxygen atoms in total. The van der Waals surface area contributed by atoms with Gasteiger partial charge in [-0.25, -0.2) is 0 Å². The van der Waals surface area contributed by atoms with E-state index in [0.717, 1.165) is 43.7 Å². The van der Waals surface area contributed by atoms with Crippen LogP contribution in [0, 0.1) is 5.92 Å². The molecule has 138 valence electrons. The first-order valence-corrected chi connectivity index (χ1v) is 9.94. The van der Waals surface area contributed by atoms with Gasteiger partial charge in [0.15, 0.2) is 5.11 Å². The standard InChI is InChI=1S/C18H30N6S/c1-14-7-11-24(12-8-14)16-13-15(23-9-5-3-4-6-10-23)20-17(21-16)22-18(25)19-2/h13-14H,3-12H2,1-2H3,(H2,19,20,21,22,25). The van der Waals surface area contributed by atoms with Crippen molar-refractivity contribution in [1.29, 1.82) is 0 Å². The van der Waals surface area contributed by atoms with E-state index >= 15 is 0 Å². The lowest BCUT2D eigenvalue weighted by Crippen LogP contribution is -2.34. The molecule has 0 saturated carbocycles. The zero-order chi connectivity index (χ0) is 17.6. The largest absolute Gasteiger partial charge is 0.365 e. The number of hydrogen-bond donors (Lipinski definition) is 2. The van der Waals surface area contributed by atoms with E-state index in [-0.39, 0.29) is 0 Å². The fourth-order valence-electron chi connectivity index (χ4n) is 3.50. The van der Waals surface area contributed by atoms with Crippen molar-refractivity contribution < 1.29 is 0 Å². The second kappa shape index (κ2) is 8.65. The lowest BCUT2D eigenvalue weighted by molar-refractivity contribution is 0.436. The van der Waals surface area contributed by atoms with E-state index in [1.54, 1.807) is 7.05 Å². The fourth-order valence-corrected chi connectivity index (χ4v) is 3.59. The third kappa shape index (κ3) is 4.93. The summed E-state index contributed by atoms with van der Waals surface area (Å²) in [7, 11) is 1.81. The molecule has 2 N–H and O–H groups in total. The van der Waals surface area contributed by atoms with Gasteiger partial charge in [-0.3, -0.25) is 0 Å². The molecule has 2 aliphatic heterocycles. The van der Waals surface area contributed by atoms with Crippen LogP contribution < -0.4 is 20.4 Å². The average molecular weight is 363 g/mol. The van der Waals surface area contributed by atoms with Crippen LogP contribution in [-0.2, 0) is 0 Å². The summed E-state index contributed by atoms with van der Waals surface area (Å²) in [6.07, 6.45) is 7.54. The predicted molar refractivity (Wildman–Crippen MR) is 109 cm³/mol. The number of hydrogen-bond acceptors (Lipinski definition) is 5. The molecule has 1 aromatic heterocycles. The van der Waals surface area contributed by atoms with Gasteiger partial charge >= 0.3 is 0 Å². The SMILES string of the molecule is CNC(=S)Nc1nc(N2CCCCCC2)cc(N2CCC(C)CC2)n1. The van der Waals surface area contributed by atoms with Gasteiger partial charge in [0.05, 0.1) is 0 Å². The zero-order valence-corrected chi connectivity index (χ0v) is 16.2. The van der Waals surface area contributed by atoms with Crippen molar-refractivity contribution in [2.24, 2.45) is 5.92 Å². The Morgan fingerprint density at radius 2 is 1.56 bits per heavy atom. The van der Waals surface area contributed by atoms with Crippen LogP contribution in [0.4, 0.5) is 17.6 Å². The third-order valence-electron chi connectivity index (χ3n) is 5.19. The van der Waals surface area contributed by atoms with Crippen LogP contribution in [0.5, 0.6) is 0 Å². The van der Waals surface area contributed by atoms with Crippen LogP contribution in [0.1, 0.15) is 45.4 Å². The molecule has 0 unspecified atom stereocenters. The van der Waals surface area contributed by atoms with Gasteiger partial charge in [0.25, 0.3) is 0 Å². The smallest absolute Gasteiger partial charge is 0.232 e. The summed E-state index contributed by atoms with van der Waals surface area (Å²) in [5.74, 6) is 3.43. The maximum Gasteiger partial charge on any atom is 0.232 e. The van der Waals surface area contributed by atoms with Crippen LogP contribution in [-0.4, -0.2) is 48.3 Å². The predicted octanol–water partition coefficient (Wildman–Crippen LogP) is 3.01. The monoisotopic (exact) mass is 362 g/mol. The molecular weight excluding hydrogens is 332 g/mol. The highest BCUT2D eigenvalue weighted by Crippen LogP contribution is 2.27. The molecule has 0 amide bonds. The minimum absolute atomic E-state index is 0.547. The summed E-state index contributed by atoms with van der Waals surface area (Å²) in [5, 5.41) is 6.61. The highest BCUT2D eigenvalue weighted by atomic mass is 32.1. The first-order valence-electron chi connectivity index (χ1n) is 9.53. The van der Waals surface area contributed by atoms with Gasteiger partial charge in [-0.05, 0) is 43.8 Å². The van der Waals surface area contributed by atoms with Crippen molar-refractivity contribution in [1.82, 2.24) is 15.3 Å². The first-order chi connectivity index (χ1) is 12.2. The van der Waals surface area contributed by atoms with Gasteiger partial charge in [-0.2, -0.15) is 9.97 Å². The lowest BCUT2D eigenvalue weighted by Gasteiger charge is -2.32. The number of anilines is 3. The molecule has 2 saturated heterocycles. The lowest BCUT2D eigenvalue weighted by atomic mass is 9.99. The molecule has 3 rings (SSSR count). The number of nitrogens with zero attached hydrogens (tertiary/aromatic N) is 4. The Morgan fingerprint density at radius 1 is 1.00 bits per heavy atom. The Labute approximate surface area is 156 Å². The van der Waals surface area contributed by atoms with Gasteiger partial charge in [0.2, 0.25) is 5.95 Å². The Kier molecular flexibility index (Phi) is 6.29. The fraction of sp³-hybridized carbons (Fsp3) is 0.722. The number of aromatic nitrogens is 2. The first kappa shape index (κ1) is 18.2. The van der Waals surface area contributed by atoms with E-state index in [1.807, 2.05) is 0 Å². The van der Waals surface area contributed by atoms with Crippen LogP contribution in [0.15, 0.2) is 6.07 Å². The summed E-state index contributed by atoms with van der Waals surface area (Å²) >= 11 is 5.24. The van der Waals surface area contributed by atoms with Crippen molar-refractivity contribution in [2.45, 2.75) is 45.4 Å². The maximum atomic E-state index is 5.24. The molecule has 0 bridgehead atoms. The number of nitrogens with one attached hydrogen (secondary N) is 2. The van der Waals surface area contributed by atoms with E-state index in [9.17, 15) is 0 Å². The van der Waals surface area contributed by atoms with E-state index in [4.69, 9.17) is 22.2 Å².